The molecule has 3 rings (SSSR count). The summed E-state index contributed by atoms with van der Waals surface area (Å²) in [4.78, 5) is 17.1. The van der Waals surface area contributed by atoms with Gasteiger partial charge in [0.1, 0.15) is 0 Å². The molecule has 2 aliphatic rings. The molecule has 1 heterocycles. The number of aromatic nitrogens is 1. The van der Waals surface area contributed by atoms with Gasteiger partial charge in [0.2, 0.25) is 0 Å². The normalized spacial score (nSPS) is 26.2. The number of anilines is 1. The van der Waals surface area contributed by atoms with Crippen LogP contribution in [-0.4, -0.2) is 24.0 Å². The van der Waals surface area contributed by atoms with Crippen molar-refractivity contribution in [2.45, 2.75) is 25.4 Å². The first-order chi connectivity index (χ1) is 9.17. The van der Waals surface area contributed by atoms with E-state index in [0.717, 1.165) is 23.4 Å². The number of nitrogens with two attached hydrogens (primary N) is 1. The van der Waals surface area contributed by atoms with Crippen LogP contribution in [0.2, 0.25) is 0 Å². The lowest BCUT2D eigenvalue weighted by atomic mass is 9.82. The molecule has 2 aliphatic carbocycles. The third-order valence-corrected chi connectivity index (χ3v) is 4.67. The lowest BCUT2D eigenvalue weighted by Crippen LogP contribution is -2.21. The van der Waals surface area contributed by atoms with E-state index in [2.05, 4.69) is 23.2 Å². The van der Waals surface area contributed by atoms with Crippen LogP contribution in [0.5, 0.6) is 0 Å². The molecule has 2 N–H and O–H groups in total. The number of hydrogen-bond donors (Lipinski definition) is 1. The van der Waals surface area contributed by atoms with E-state index in [-0.39, 0.29) is 17.8 Å². The van der Waals surface area contributed by atoms with Gasteiger partial charge in [-0.3, -0.25) is 4.79 Å². The number of thiazole rings is 1. The van der Waals surface area contributed by atoms with E-state index >= 15 is 0 Å². The molecule has 0 fully saturated rings. The Morgan fingerprint density at radius 3 is 3.00 bits per heavy atom. The zero-order valence-corrected chi connectivity index (χ0v) is 11.6. The van der Waals surface area contributed by atoms with Crippen molar-refractivity contribution in [3.8, 4) is 0 Å². The van der Waals surface area contributed by atoms with Crippen molar-refractivity contribution in [3.63, 3.8) is 0 Å². The molecule has 0 amide bonds. The Morgan fingerprint density at radius 2 is 2.32 bits per heavy atom. The predicted octanol–water partition coefficient (Wildman–Crippen LogP) is 2.37. The van der Waals surface area contributed by atoms with E-state index in [1.807, 2.05) is 0 Å². The quantitative estimate of drug-likeness (QED) is 0.900. The fourth-order valence-electron chi connectivity index (χ4n) is 2.68. The monoisotopic (exact) mass is 276 g/mol. The van der Waals surface area contributed by atoms with Gasteiger partial charge in [0.05, 0.1) is 16.7 Å². The van der Waals surface area contributed by atoms with Crippen LogP contribution in [0.25, 0.3) is 0 Å². The fourth-order valence-corrected chi connectivity index (χ4v) is 3.49. The van der Waals surface area contributed by atoms with E-state index in [4.69, 9.17) is 10.5 Å². The van der Waals surface area contributed by atoms with E-state index in [0.29, 0.717) is 11.6 Å². The summed E-state index contributed by atoms with van der Waals surface area (Å²) in [6.45, 7) is 0. The number of Topliss-reactive ketones (excluding diaryl/α,β-unsaturated/α-hetero) is 1. The summed E-state index contributed by atoms with van der Waals surface area (Å²) in [7, 11) is 1.71. The zero-order valence-electron chi connectivity index (χ0n) is 10.8. The molecule has 0 saturated carbocycles. The van der Waals surface area contributed by atoms with Crippen molar-refractivity contribution in [1.82, 2.24) is 4.98 Å². The van der Waals surface area contributed by atoms with Gasteiger partial charge in [0.15, 0.2) is 10.9 Å². The number of allylic oxidation sites excluding steroid dienone is 2. The standard InChI is InChI=1S/C14H16N2O2S/c1-18-10-4-2-8(3-5-10)9-6-11-13(12(17)7-9)19-14(15)16-11/h2-4,9-10H,5-7H2,1H3,(H2,15,16). The van der Waals surface area contributed by atoms with Crippen molar-refractivity contribution < 1.29 is 9.53 Å². The number of rotatable bonds is 2. The van der Waals surface area contributed by atoms with Gasteiger partial charge in [0.25, 0.3) is 0 Å². The molecular weight excluding hydrogens is 260 g/mol. The maximum Gasteiger partial charge on any atom is 0.180 e. The first-order valence-electron chi connectivity index (χ1n) is 6.37. The molecule has 1 aromatic rings. The molecule has 0 radical (unpaired) electrons. The number of ketones is 1. The molecule has 1 aromatic heterocycles. The van der Waals surface area contributed by atoms with Gasteiger partial charge >= 0.3 is 0 Å². The Labute approximate surface area is 116 Å². The van der Waals surface area contributed by atoms with E-state index in [9.17, 15) is 4.79 Å². The van der Waals surface area contributed by atoms with Crippen LogP contribution < -0.4 is 5.73 Å². The van der Waals surface area contributed by atoms with Crippen LogP contribution in [-0.2, 0) is 11.2 Å². The lowest BCUT2D eigenvalue weighted by molar-refractivity contribution is 0.0960. The molecule has 0 aromatic carbocycles. The minimum atomic E-state index is 0.161. The van der Waals surface area contributed by atoms with Crippen molar-refractivity contribution in [3.05, 3.63) is 34.4 Å². The van der Waals surface area contributed by atoms with Gasteiger partial charge in [-0.05, 0) is 24.3 Å². The number of nitrogen functional groups attached to an aromatic ring is 1. The van der Waals surface area contributed by atoms with Crippen molar-refractivity contribution in [2.75, 3.05) is 12.8 Å². The Kier molecular flexibility index (Phi) is 3.24. The molecule has 4 nitrogen and oxygen atoms in total. The van der Waals surface area contributed by atoms with Gasteiger partial charge in [-0.15, -0.1) is 0 Å². The number of nitrogens with zero attached hydrogens (tertiary/aromatic N) is 1. The van der Waals surface area contributed by atoms with Crippen LogP contribution in [0.3, 0.4) is 0 Å². The van der Waals surface area contributed by atoms with Gasteiger partial charge < -0.3 is 10.5 Å². The summed E-state index contributed by atoms with van der Waals surface area (Å²) in [5, 5.41) is 0.492. The van der Waals surface area contributed by atoms with Crippen LogP contribution in [0.15, 0.2) is 23.8 Å². The average Bonchev–Trinajstić information content (AvgIpc) is 2.80. The number of ether oxygens (including phenoxy) is 1. The summed E-state index contributed by atoms with van der Waals surface area (Å²) in [5.74, 6) is 0.402. The van der Waals surface area contributed by atoms with Gasteiger partial charge in [-0.2, -0.15) is 0 Å². The molecule has 100 valence electrons. The van der Waals surface area contributed by atoms with Crippen LogP contribution in [0.4, 0.5) is 5.13 Å². The average molecular weight is 276 g/mol. The highest BCUT2D eigenvalue weighted by molar-refractivity contribution is 7.17. The largest absolute Gasteiger partial charge is 0.377 e. The molecule has 5 heteroatoms. The highest BCUT2D eigenvalue weighted by Gasteiger charge is 2.30. The number of carbonyl (C=O) groups is 1. The Balaban J connectivity index is 1.81. The molecule has 0 saturated heterocycles. The van der Waals surface area contributed by atoms with Crippen LogP contribution >= 0.6 is 11.3 Å². The number of hydrogen-bond acceptors (Lipinski definition) is 5. The smallest absolute Gasteiger partial charge is 0.180 e. The summed E-state index contributed by atoms with van der Waals surface area (Å²) in [6.07, 6.45) is 8.71. The van der Waals surface area contributed by atoms with E-state index < -0.39 is 0 Å². The van der Waals surface area contributed by atoms with Crippen molar-refractivity contribution >= 4 is 22.3 Å². The zero-order chi connectivity index (χ0) is 13.4. The number of methoxy groups -OCH3 is 1. The van der Waals surface area contributed by atoms with Crippen LogP contribution in [0, 0.1) is 5.92 Å². The SMILES string of the molecule is COC1C=CC(C2CC(=O)c3sc(N)nc3C2)=CC1. The maximum atomic E-state index is 12.1. The summed E-state index contributed by atoms with van der Waals surface area (Å²) < 4.78 is 5.28. The first kappa shape index (κ1) is 12.6. The minimum Gasteiger partial charge on any atom is -0.377 e. The van der Waals surface area contributed by atoms with E-state index in [1.54, 1.807) is 7.11 Å². The Hall–Kier alpha value is -1.46. The summed E-state index contributed by atoms with van der Waals surface area (Å²) in [5.41, 5.74) is 7.78. The maximum absolute atomic E-state index is 12.1. The molecule has 0 spiro atoms. The second kappa shape index (κ2) is 4.90. The Morgan fingerprint density at radius 1 is 1.47 bits per heavy atom. The molecule has 0 aliphatic heterocycles. The third-order valence-electron chi connectivity index (χ3n) is 3.70. The van der Waals surface area contributed by atoms with Gasteiger partial charge in [0, 0.05) is 13.5 Å². The summed E-state index contributed by atoms with van der Waals surface area (Å²) >= 11 is 1.31. The molecule has 2 atom stereocenters. The second-order valence-electron chi connectivity index (χ2n) is 4.93. The fraction of sp³-hybridized carbons (Fsp3) is 0.429. The molecule has 0 bridgehead atoms. The number of carbonyl (C=O) groups excluding carboxylic acids is 1. The van der Waals surface area contributed by atoms with Crippen molar-refractivity contribution in [2.24, 2.45) is 5.92 Å². The first-order valence-corrected chi connectivity index (χ1v) is 7.18. The molecule has 2 unspecified atom stereocenters. The summed E-state index contributed by atoms with van der Waals surface area (Å²) in [6, 6.07) is 0. The lowest BCUT2D eigenvalue weighted by Gasteiger charge is -2.24. The predicted molar refractivity (Wildman–Crippen MR) is 75.3 cm³/mol. The highest BCUT2D eigenvalue weighted by Crippen LogP contribution is 2.35. The molecule has 19 heavy (non-hydrogen) atoms. The van der Waals surface area contributed by atoms with Gasteiger partial charge in [-0.1, -0.05) is 29.6 Å². The van der Waals surface area contributed by atoms with Gasteiger partial charge in [-0.25, -0.2) is 4.98 Å². The number of fused-ring (bicyclic) bond motifs is 1. The highest BCUT2D eigenvalue weighted by atomic mass is 32.1. The molecular formula is C14H16N2O2S. The Bertz CT molecular complexity index is 574. The van der Waals surface area contributed by atoms with Crippen LogP contribution in [0.1, 0.15) is 28.2 Å². The second-order valence-corrected chi connectivity index (χ2v) is 5.96. The van der Waals surface area contributed by atoms with Crippen molar-refractivity contribution in [1.29, 1.82) is 0 Å². The third kappa shape index (κ3) is 2.35. The topological polar surface area (TPSA) is 65.2 Å². The van der Waals surface area contributed by atoms with E-state index in [1.165, 1.54) is 16.9 Å². The minimum absolute atomic E-state index is 0.161.